The van der Waals surface area contributed by atoms with Crippen LogP contribution in [0.25, 0.3) is 0 Å². The Bertz CT molecular complexity index is 396. The maximum absolute atomic E-state index is 12.9. The van der Waals surface area contributed by atoms with Crippen LogP contribution < -0.4 is 11.1 Å². The average Bonchev–Trinajstić information content (AvgIpc) is 2.34. The molecule has 0 aliphatic heterocycles. The van der Waals surface area contributed by atoms with E-state index in [2.05, 4.69) is 31.1 Å². The van der Waals surface area contributed by atoms with Crippen LogP contribution in [0.5, 0.6) is 0 Å². The number of guanidine groups is 1. The van der Waals surface area contributed by atoms with Gasteiger partial charge in [-0.3, -0.25) is 4.99 Å². The first kappa shape index (κ1) is 14.5. The summed E-state index contributed by atoms with van der Waals surface area (Å²) in [6.07, 6.45) is 1.01. The molecule has 0 radical (unpaired) electrons. The van der Waals surface area contributed by atoms with Crippen molar-refractivity contribution >= 4 is 5.96 Å². The van der Waals surface area contributed by atoms with Gasteiger partial charge in [0, 0.05) is 12.0 Å². The van der Waals surface area contributed by atoms with Gasteiger partial charge in [0.15, 0.2) is 5.96 Å². The molecule has 1 rings (SSSR count). The molecule has 0 saturated heterocycles. The van der Waals surface area contributed by atoms with Gasteiger partial charge in [-0.25, -0.2) is 4.39 Å². The molecule has 0 aromatic heterocycles. The molecule has 0 saturated carbocycles. The topological polar surface area (TPSA) is 50.4 Å². The lowest BCUT2D eigenvalue weighted by atomic mass is 9.85. The largest absolute Gasteiger partial charge is 0.370 e. The highest BCUT2D eigenvalue weighted by molar-refractivity contribution is 5.77. The molecule has 0 fully saturated rings. The van der Waals surface area contributed by atoms with E-state index < -0.39 is 0 Å². The Morgan fingerprint density at radius 1 is 1.33 bits per heavy atom. The summed E-state index contributed by atoms with van der Waals surface area (Å²) < 4.78 is 12.9. The molecule has 1 aromatic carbocycles. The lowest BCUT2D eigenvalue weighted by Crippen LogP contribution is -2.34. The minimum Gasteiger partial charge on any atom is -0.370 e. The molecule has 0 unspecified atom stereocenters. The minimum absolute atomic E-state index is 0.161. The van der Waals surface area contributed by atoms with Gasteiger partial charge in [-0.05, 0) is 24.1 Å². The van der Waals surface area contributed by atoms with Crippen molar-refractivity contribution in [3.63, 3.8) is 0 Å². The van der Waals surface area contributed by atoms with E-state index in [1.165, 1.54) is 12.1 Å². The Morgan fingerprint density at radius 2 is 1.94 bits per heavy atom. The molecule has 0 spiro atoms. The third-order valence-corrected chi connectivity index (χ3v) is 2.83. The molecule has 3 nitrogen and oxygen atoms in total. The number of hydrogen-bond acceptors (Lipinski definition) is 1. The van der Waals surface area contributed by atoms with Gasteiger partial charge in [-0.2, -0.15) is 0 Å². The van der Waals surface area contributed by atoms with E-state index in [1.54, 1.807) is 12.1 Å². The summed E-state index contributed by atoms with van der Waals surface area (Å²) in [5, 5.41) is 3.03. The molecule has 18 heavy (non-hydrogen) atoms. The molecule has 0 amide bonds. The smallest absolute Gasteiger partial charge is 0.188 e. The second kappa shape index (κ2) is 6.38. The Hall–Kier alpha value is -1.58. The van der Waals surface area contributed by atoms with Gasteiger partial charge >= 0.3 is 0 Å². The number of rotatable bonds is 5. The molecule has 100 valence electrons. The maximum Gasteiger partial charge on any atom is 0.188 e. The standard InChI is InChI=1S/C14H22FN3/c1-4-9-17-13(16)18-10-14(2,3)11-5-7-12(15)8-6-11/h5-8H,4,9-10H2,1-3H3,(H3,16,17,18). The number of hydrogen-bond donors (Lipinski definition) is 2. The first-order valence-electron chi connectivity index (χ1n) is 6.25. The summed E-state index contributed by atoms with van der Waals surface area (Å²) in [6, 6.07) is 6.53. The van der Waals surface area contributed by atoms with Gasteiger partial charge in [-0.1, -0.05) is 32.9 Å². The zero-order chi connectivity index (χ0) is 13.6. The van der Waals surface area contributed by atoms with Gasteiger partial charge < -0.3 is 11.1 Å². The SMILES string of the molecule is CCCNC(N)=NCC(C)(C)c1ccc(F)cc1. The van der Waals surface area contributed by atoms with Crippen molar-refractivity contribution in [1.29, 1.82) is 0 Å². The van der Waals surface area contributed by atoms with Crippen molar-refractivity contribution in [3.8, 4) is 0 Å². The minimum atomic E-state index is -0.220. The highest BCUT2D eigenvalue weighted by Crippen LogP contribution is 2.23. The fourth-order valence-electron chi connectivity index (χ4n) is 1.58. The van der Waals surface area contributed by atoms with Gasteiger partial charge in [0.1, 0.15) is 5.82 Å². The quantitative estimate of drug-likeness (QED) is 0.623. The van der Waals surface area contributed by atoms with Crippen LogP contribution in [0.4, 0.5) is 4.39 Å². The normalized spacial score (nSPS) is 12.6. The zero-order valence-corrected chi connectivity index (χ0v) is 11.3. The van der Waals surface area contributed by atoms with E-state index in [0.717, 1.165) is 18.5 Å². The van der Waals surface area contributed by atoms with E-state index in [1.807, 2.05) is 0 Å². The number of aliphatic imine (C=N–C) groups is 1. The zero-order valence-electron chi connectivity index (χ0n) is 11.3. The van der Waals surface area contributed by atoms with Crippen LogP contribution in [0.1, 0.15) is 32.8 Å². The van der Waals surface area contributed by atoms with E-state index in [9.17, 15) is 4.39 Å². The van der Waals surface area contributed by atoms with Crippen LogP contribution in [0.3, 0.4) is 0 Å². The fraction of sp³-hybridized carbons (Fsp3) is 0.500. The number of nitrogens with two attached hydrogens (primary N) is 1. The van der Waals surface area contributed by atoms with Gasteiger partial charge in [-0.15, -0.1) is 0 Å². The first-order chi connectivity index (χ1) is 8.45. The molecule has 4 heteroatoms. The predicted molar refractivity (Wildman–Crippen MR) is 74.2 cm³/mol. The van der Waals surface area contributed by atoms with Crippen LogP contribution in [0.15, 0.2) is 29.3 Å². The van der Waals surface area contributed by atoms with E-state index in [4.69, 9.17) is 5.73 Å². The van der Waals surface area contributed by atoms with Crippen molar-refractivity contribution < 1.29 is 4.39 Å². The Balaban J connectivity index is 2.66. The van der Waals surface area contributed by atoms with Crippen LogP contribution in [0, 0.1) is 5.82 Å². The number of halogens is 1. The summed E-state index contributed by atoms with van der Waals surface area (Å²) >= 11 is 0. The summed E-state index contributed by atoms with van der Waals surface area (Å²) in [5.41, 5.74) is 6.64. The van der Waals surface area contributed by atoms with E-state index in [-0.39, 0.29) is 11.2 Å². The van der Waals surface area contributed by atoms with Gasteiger partial charge in [0.05, 0.1) is 6.54 Å². The molecule has 0 aliphatic carbocycles. The maximum atomic E-state index is 12.9. The third kappa shape index (κ3) is 4.35. The highest BCUT2D eigenvalue weighted by atomic mass is 19.1. The lowest BCUT2D eigenvalue weighted by Gasteiger charge is -2.23. The molecule has 3 N–H and O–H groups in total. The number of benzene rings is 1. The van der Waals surface area contributed by atoms with E-state index in [0.29, 0.717) is 12.5 Å². The summed E-state index contributed by atoms with van der Waals surface area (Å²) in [5.74, 6) is 0.245. The van der Waals surface area contributed by atoms with Crippen LogP contribution in [-0.2, 0) is 5.41 Å². The van der Waals surface area contributed by atoms with Crippen molar-refractivity contribution in [2.24, 2.45) is 10.7 Å². The Labute approximate surface area is 108 Å². The van der Waals surface area contributed by atoms with Crippen molar-refractivity contribution in [3.05, 3.63) is 35.6 Å². The average molecular weight is 251 g/mol. The summed E-state index contributed by atoms with van der Waals surface area (Å²) in [6.45, 7) is 7.60. The Morgan fingerprint density at radius 3 is 2.50 bits per heavy atom. The van der Waals surface area contributed by atoms with Crippen LogP contribution in [0.2, 0.25) is 0 Å². The second-order valence-corrected chi connectivity index (χ2v) is 5.02. The molecule has 0 atom stereocenters. The number of nitrogens with zero attached hydrogens (tertiary/aromatic N) is 1. The third-order valence-electron chi connectivity index (χ3n) is 2.83. The molecular formula is C14H22FN3. The van der Waals surface area contributed by atoms with Crippen molar-refractivity contribution in [2.45, 2.75) is 32.6 Å². The second-order valence-electron chi connectivity index (χ2n) is 5.02. The molecule has 0 heterocycles. The van der Waals surface area contributed by atoms with Crippen molar-refractivity contribution in [1.82, 2.24) is 5.32 Å². The highest BCUT2D eigenvalue weighted by Gasteiger charge is 2.20. The summed E-state index contributed by atoms with van der Waals surface area (Å²) in [7, 11) is 0. The molecule has 0 aliphatic rings. The lowest BCUT2D eigenvalue weighted by molar-refractivity contribution is 0.536. The predicted octanol–water partition coefficient (Wildman–Crippen LogP) is 2.42. The molecule has 0 bridgehead atoms. The Kier molecular flexibility index (Phi) is 5.13. The monoisotopic (exact) mass is 251 g/mol. The van der Waals surface area contributed by atoms with Crippen molar-refractivity contribution in [2.75, 3.05) is 13.1 Å². The first-order valence-corrected chi connectivity index (χ1v) is 6.25. The fourth-order valence-corrected chi connectivity index (χ4v) is 1.58. The van der Waals surface area contributed by atoms with Gasteiger partial charge in [0.2, 0.25) is 0 Å². The summed E-state index contributed by atoms with van der Waals surface area (Å²) in [4.78, 5) is 4.32. The number of nitrogens with one attached hydrogen (secondary N) is 1. The molecular weight excluding hydrogens is 229 g/mol. The molecule has 1 aromatic rings. The van der Waals surface area contributed by atoms with Crippen LogP contribution in [-0.4, -0.2) is 19.0 Å². The van der Waals surface area contributed by atoms with E-state index >= 15 is 0 Å². The van der Waals surface area contributed by atoms with Gasteiger partial charge in [0.25, 0.3) is 0 Å². The van der Waals surface area contributed by atoms with Crippen LogP contribution >= 0.6 is 0 Å².